The third-order valence-electron chi connectivity index (χ3n) is 2.35. The van der Waals surface area contributed by atoms with Crippen molar-refractivity contribution in [3.05, 3.63) is 35.1 Å². The fraction of sp³-hybridized carbons (Fsp3) is 0.182. The number of halogens is 1. The first-order valence-corrected chi connectivity index (χ1v) is 5.16. The third-order valence-corrected chi connectivity index (χ3v) is 2.72. The molecule has 0 saturated heterocycles. The van der Waals surface area contributed by atoms with Gasteiger partial charge in [0.1, 0.15) is 11.4 Å². The summed E-state index contributed by atoms with van der Waals surface area (Å²) in [7, 11) is 1.58. The van der Waals surface area contributed by atoms with Gasteiger partial charge in [-0.15, -0.1) is 0 Å². The van der Waals surface area contributed by atoms with Crippen molar-refractivity contribution in [3.63, 3.8) is 0 Å². The van der Waals surface area contributed by atoms with Gasteiger partial charge in [0.2, 0.25) is 0 Å². The van der Waals surface area contributed by atoms with Crippen LogP contribution in [0.25, 0.3) is 5.69 Å². The Bertz CT molecular complexity index is 502. The van der Waals surface area contributed by atoms with Gasteiger partial charge in [-0.3, -0.25) is 0 Å². The smallest absolute Gasteiger partial charge is 0.143 e. The first-order valence-electron chi connectivity index (χ1n) is 4.78. The van der Waals surface area contributed by atoms with Gasteiger partial charge in [-0.1, -0.05) is 17.7 Å². The summed E-state index contributed by atoms with van der Waals surface area (Å²) in [5.74, 6) is 0.627. The van der Waals surface area contributed by atoms with Crippen LogP contribution < -0.4 is 10.5 Å². The highest BCUT2D eigenvalue weighted by Crippen LogP contribution is 2.28. The molecule has 2 N–H and O–H groups in total. The summed E-state index contributed by atoms with van der Waals surface area (Å²) >= 11 is 5.95. The molecule has 0 aliphatic heterocycles. The van der Waals surface area contributed by atoms with Gasteiger partial charge in [0.15, 0.2) is 0 Å². The van der Waals surface area contributed by atoms with Crippen molar-refractivity contribution in [2.24, 2.45) is 0 Å². The van der Waals surface area contributed by atoms with Crippen LogP contribution in [0.2, 0.25) is 5.02 Å². The molecular formula is C11H12ClN3O. The van der Waals surface area contributed by atoms with Crippen LogP contribution in [-0.2, 0) is 0 Å². The molecule has 0 bridgehead atoms. The summed E-state index contributed by atoms with van der Waals surface area (Å²) in [5, 5.41) is 4.88. The number of nitrogen functional groups attached to an aromatic ring is 1. The predicted octanol–water partition coefficient (Wildman–Crippen LogP) is 2.42. The molecule has 0 aliphatic rings. The number of hydrogen-bond acceptors (Lipinski definition) is 3. The first-order chi connectivity index (χ1) is 7.63. The van der Waals surface area contributed by atoms with Gasteiger partial charge in [-0.05, 0) is 19.1 Å². The van der Waals surface area contributed by atoms with Crippen molar-refractivity contribution < 1.29 is 4.74 Å². The molecule has 1 aromatic heterocycles. The molecule has 0 spiro atoms. The molecule has 84 valence electrons. The number of hydrogen-bond donors (Lipinski definition) is 1. The number of anilines is 1. The van der Waals surface area contributed by atoms with E-state index in [1.54, 1.807) is 24.1 Å². The number of benzene rings is 1. The lowest BCUT2D eigenvalue weighted by molar-refractivity contribution is 0.416. The summed E-state index contributed by atoms with van der Waals surface area (Å²) in [6.07, 6.45) is 1.72. The number of rotatable bonds is 2. The maximum absolute atomic E-state index is 5.96. The second kappa shape index (κ2) is 4.06. The standard InChI is InChI=1S/C11H12ClN3O/c1-7-8(12)6-15(14-7)9-4-3-5-10(16-2)11(9)13/h3-6H,13H2,1-2H3. The Kier molecular flexibility index (Phi) is 2.75. The van der Waals surface area contributed by atoms with Gasteiger partial charge in [-0.25, -0.2) is 4.68 Å². The summed E-state index contributed by atoms with van der Waals surface area (Å²) < 4.78 is 6.79. The van der Waals surface area contributed by atoms with E-state index >= 15 is 0 Å². The van der Waals surface area contributed by atoms with Crippen molar-refractivity contribution in [2.75, 3.05) is 12.8 Å². The zero-order valence-corrected chi connectivity index (χ0v) is 9.82. The van der Waals surface area contributed by atoms with Crippen LogP contribution in [0.1, 0.15) is 5.69 Å². The van der Waals surface area contributed by atoms with Crippen molar-refractivity contribution in [3.8, 4) is 11.4 Å². The van der Waals surface area contributed by atoms with E-state index in [1.807, 2.05) is 19.1 Å². The molecule has 4 nitrogen and oxygen atoms in total. The minimum Gasteiger partial charge on any atom is -0.495 e. The topological polar surface area (TPSA) is 53.1 Å². The molecule has 0 atom stereocenters. The van der Waals surface area contributed by atoms with Crippen LogP contribution in [0.3, 0.4) is 0 Å². The molecule has 5 heteroatoms. The van der Waals surface area contributed by atoms with E-state index in [0.29, 0.717) is 16.5 Å². The summed E-state index contributed by atoms with van der Waals surface area (Å²) in [6, 6.07) is 5.52. The highest BCUT2D eigenvalue weighted by atomic mass is 35.5. The molecule has 2 rings (SSSR count). The fourth-order valence-corrected chi connectivity index (χ4v) is 1.60. The number of methoxy groups -OCH3 is 1. The minimum atomic E-state index is 0.546. The normalized spacial score (nSPS) is 10.4. The molecule has 0 fully saturated rings. The molecule has 0 radical (unpaired) electrons. The molecule has 1 heterocycles. The second-order valence-corrected chi connectivity index (χ2v) is 3.81. The van der Waals surface area contributed by atoms with E-state index in [0.717, 1.165) is 11.4 Å². The number of aromatic nitrogens is 2. The van der Waals surface area contributed by atoms with E-state index in [1.165, 1.54) is 0 Å². The third kappa shape index (κ3) is 1.72. The van der Waals surface area contributed by atoms with Gasteiger partial charge in [0.05, 0.1) is 23.5 Å². The van der Waals surface area contributed by atoms with E-state index in [9.17, 15) is 0 Å². The Morgan fingerprint density at radius 3 is 2.75 bits per heavy atom. The Hall–Kier alpha value is -1.68. The van der Waals surface area contributed by atoms with Gasteiger partial charge in [0, 0.05) is 6.20 Å². The monoisotopic (exact) mass is 237 g/mol. The first kappa shape index (κ1) is 10.8. The average Bonchev–Trinajstić information content (AvgIpc) is 2.59. The van der Waals surface area contributed by atoms with Crippen LogP contribution in [0, 0.1) is 6.92 Å². The van der Waals surface area contributed by atoms with E-state index in [2.05, 4.69) is 5.10 Å². The molecule has 2 aromatic rings. The quantitative estimate of drug-likeness (QED) is 0.817. The number of nitrogens with two attached hydrogens (primary N) is 1. The van der Waals surface area contributed by atoms with Crippen LogP contribution >= 0.6 is 11.6 Å². The van der Waals surface area contributed by atoms with Crippen molar-refractivity contribution in [2.45, 2.75) is 6.92 Å². The van der Waals surface area contributed by atoms with E-state index < -0.39 is 0 Å². The highest BCUT2D eigenvalue weighted by molar-refractivity contribution is 6.31. The maximum atomic E-state index is 5.96. The van der Waals surface area contributed by atoms with Crippen LogP contribution in [0.15, 0.2) is 24.4 Å². The largest absolute Gasteiger partial charge is 0.495 e. The molecule has 0 saturated carbocycles. The predicted molar refractivity (Wildman–Crippen MR) is 64.3 cm³/mol. The summed E-state index contributed by atoms with van der Waals surface area (Å²) in [4.78, 5) is 0. The van der Waals surface area contributed by atoms with Crippen molar-refractivity contribution in [1.29, 1.82) is 0 Å². The molecule has 0 unspecified atom stereocenters. The zero-order chi connectivity index (χ0) is 11.7. The van der Waals surface area contributed by atoms with Crippen LogP contribution in [0.5, 0.6) is 5.75 Å². The second-order valence-electron chi connectivity index (χ2n) is 3.40. The van der Waals surface area contributed by atoms with Crippen LogP contribution in [-0.4, -0.2) is 16.9 Å². The zero-order valence-electron chi connectivity index (χ0n) is 9.07. The number of para-hydroxylation sites is 1. The van der Waals surface area contributed by atoms with Crippen molar-refractivity contribution >= 4 is 17.3 Å². The molecule has 0 amide bonds. The Morgan fingerprint density at radius 1 is 1.44 bits per heavy atom. The Morgan fingerprint density at radius 2 is 2.19 bits per heavy atom. The van der Waals surface area contributed by atoms with Gasteiger partial charge in [0.25, 0.3) is 0 Å². The molecule has 0 aliphatic carbocycles. The van der Waals surface area contributed by atoms with Gasteiger partial charge in [-0.2, -0.15) is 5.10 Å². The Labute approximate surface area is 98.6 Å². The number of nitrogens with zero attached hydrogens (tertiary/aromatic N) is 2. The molecule has 1 aromatic carbocycles. The summed E-state index contributed by atoms with van der Waals surface area (Å²) in [6.45, 7) is 1.84. The van der Waals surface area contributed by atoms with E-state index in [-0.39, 0.29) is 0 Å². The lowest BCUT2D eigenvalue weighted by Crippen LogP contribution is -2.02. The van der Waals surface area contributed by atoms with Gasteiger partial charge < -0.3 is 10.5 Å². The minimum absolute atomic E-state index is 0.546. The Balaban J connectivity index is 2.55. The number of aryl methyl sites for hydroxylation is 1. The average molecular weight is 238 g/mol. The van der Waals surface area contributed by atoms with Crippen LogP contribution in [0.4, 0.5) is 5.69 Å². The van der Waals surface area contributed by atoms with Gasteiger partial charge >= 0.3 is 0 Å². The SMILES string of the molecule is COc1cccc(-n2cc(Cl)c(C)n2)c1N. The maximum Gasteiger partial charge on any atom is 0.143 e. The highest BCUT2D eigenvalue weighted by Gasteiger charge is 2.09. The fourth-order valence-electron chi connectivity index (χ4n) is 1.47. The van der Waals surface area contributed by atoms with E-state index in [4.69, 9.17) is 22.1 Å². The number of ether oxygens (including phenoxy) is 1. The van der Waals surface area contributed by atoms with Crippen molar-refractivity contribution in [1.82, 2.24) is 9.78 Å². The molecular weight excluding hydrogens is 226 g/mol. The lowest BCUT2D eigenvalue weighted by Gasteiger charge is -2.09. The molecule has 16 heavy (non-hydrogen) atoms. The lowest BCUT2D eigenvalue weighted by atomic mass is 10.2. The summed E-state index contributed by atoms with van der Waals surface area (Å²) in [5.41, 5.74) is 8.03.